The number of aryl methyl sites for hydroxylation is 1. The summed E-state index contributed by atoms with van der Waals surface area (Å²) in [7, 11) is 0. The molecular formula is C11H17NO. The summed E-state index contributed by atoms with van der Waals surface area (Å²) in [5.41, 5.74) is 1.26. The Bertz CT molecular complexity index is 239. The highest BCUT2D eigenvalue weighted by Gasteiger charge is 2.00. The van der Waals surface area contributed by atoms with Crippen molar-refractivity contribution in [3.05, 3.63) is 29.8 Å². The number of hydroxylamine groups is 2. The highest BCUT2D eigenvalue weighted by atomic mass is 16.7. The van der Waals surface area contributed by atoms with Crippen molar-refractivity contribution in [2.75, 3.05) is 13.1 Å². The molecule has 1 aromatic rings. The third-order valence-corrected chi connectivity index (χ3v) is 1.96. The predicted molar refractivity (Wildman–Crippen MR) is 54.7 cm³/mol. The second-order valence-corrected chi connectivity index (χ2v) is 3.02. The van der Waals surface area contributed by atoms with E-state index in [-0.39, 0.29) is 0 Å². The second-order valence-electron chi connectivity index (χ2n) is 3.02. The first kappa shape index (κ1) is 10.1. The summed E-state index contributed by atoms with van der Waals surface area (Å²) in [6, 6.07) is 8.10. The minimum atomic E-state index is 0.907. The van der Waals surface area contributed by atoms with E-state index < -0.39 is 0 Å². The molecule has 0 saturated heterocycles. The van der Waals surface area contributed by atoms with Crippen LogP contribution in [0.15, 0.2) is 24.3 Å². The van der Waals surface area contributed by atoms with Gasteiger partial charge in [0, 0.05) is 13.1 Å². The molecule has 0 radical (unpaired) electrons. The molecule has 0 aliphatic rings. The lowest BCUT2D eigenvalue weighted by Gasteiger charge is -2.18. The second kappa shape index (κ2) is 4.87. The summed E-state index contributed by atoms with van der Waals surface area (Å²) in [6.45, 7) is 8.05. The maximum Gasteiger partial charge on any atom is 0.147 e. The van der Waals surface area contributed by atoms with Gasteiger partial charge in [-0.15, -0.1) is 5.06 Å². The highest BCUT2D eigenvalue weighted by molar-refractivity contribution is 5.25. The molecule has 72 valence electrons. The van der Waals surface area contributed by atoms with Crippen molar-refractivity contribution in [2.45, 2.75) is 20.8 Å². The van der Waals surface area contributed by atoms with E-state index in [1.54, 1.807) is 0 Å². The Morgan fingerprint density at radius 2 is 1.62 bits per heavy atom. The summed E-state index contributed by atoms with van der Waals surface area (Å²) in [4.78, 5) is 5.60. The summed E-state index contributed by atoms with van der Waals surface area (Å²) in [6.07, 6.45) is 0. The zero-order valence-corrected chi connectivity index (χ0v) is 8.58. The van der Waals surface area contributed by atoms with Gasteiger partial charge in [-0.3, -0.25) is 0 Å². The third-order valence-electron chi connectivity index (χ3n) is 1.96. The lowest BCUT2D eigenvalue weighted by Crippen LogP contribution is -2.26. The van der Waals surface area contributed by atoms with E-state index in [9.17, 15) is 0 Å². The van der Waals surface area contributed by atoms with E-state index in [0.717, 1.165) is 18.8 Å². The smallest absolute Gasteiger partial charge is 0.147 e. The SMILES string of the molecule is CCN(CC)Oc1ccc(C)cc1. The zero-order valence-electron chi connectivity index (χ0n) is 8.58. The largest absolute Gasteiger partial charge is 0.406 e. The molecule has 0 aromatic heterocycles. The molecule has 0 unspecified atom stereocenters. The fraction of sp³-hybridized carbons (Fsp3) is 0.455. The van der Waals surface area contributed by atoms with Crippen LogP contribution in [0.25, 0.3) is 0 Å². The maximum absolute atomic E-state index is 5.60. The highest BCUT2D eigenvalue weighted by Crippen LogP contribution is 2.12. The first-order chi connectivity index (χ1) is 6.26. The molecule has 2 nitrogen and oxygen atoms in total. The molecule has 0 heterocycles. The summed E-state index contributed by atoms with van der Waals surface area (Å²) in [5.74, 6) is 0.911. The molecule has 0 bridgehead atoms. The molecule has 2 heteroatoms. The van der Waals surface area contributed by atoms with Crippen LogP contribution in [0.4, 0.5) is 0 Å². The predicted octanol–water partition coefficient (Wildman–Crippen LogP) is 2.63. The first-order valence-corrected chi connectivity index (χ1v) is 4.75. The lowest BCUT2D eigenvalue weighted by molar-refractivity contribution is -0.0486. The van der Waals surface area contributed by atoms with E-state index in [2.05, 4.69) is 32.9 Å². The quantitative estimate of drug-likeness (QED) is 0.659. The molecule has 0 aliphatic heterocycles. The summed E-state index contributed by atoms with van der Waals surface area (Å²) < 4.78 is 0. The van der Waals surface area contributed by atoms with E-state index in [1.807, 2.05) is 17.2 Å². The van der Waals surface area contributed by atoms with Gasteiger partial charge in [-0.2, -0.15) is 0 Å². The van der Waals surface area contributed by atoms with Crippen molar-refractivity contribution >= 4 is 0 Å². The van der Waals surface area contributed by atoms with E-state index in [1.165, 1.54) is 5.56 Å². The van der Waals surface area contributed by atoms with Crippen LogP contribution in [0.3, 0.4) is 0 Å². The lowest BCUT2D eigenvalue weighted by atomic mass is 10.2. The van der Waals surface area contributed by atoms with Gasteiger partial charge in [0.25, 0.3) is 0 Å². The molecule has 0 aliphatic carbocycles. The number of hydrogen-bond acceptors (Lipinski definition) is 2. The molecule has 0 atom stereocenters. The van der Waals surface area contributed by atoms with Crippen LogP contribution in [0.5, 0.6) is 5.75 Å². The van der Waals surface area contributed by atoms with Crippen LogP contribution in [0, 0.1) is 6.92 Å². The van der Waals surface area contributed by atoms with Crippen molar-refractivity contribution in [3.63, 3.8) is 0 Å². The standard InChI is InChI=1S/C11H17NO/c1-4-12(5-2)13-11-8-6-10(3)7-9-11/h6-9H,4-5H2,1-3H3. The summed E-state index contributed by atoms with van der Waals surface area (Å²) in [5, 5.41) is 1.92. The molecule has 0 N–H and O–H groups in total. The molecule has 1 rings (SSSR count). The van der Waals surface area contributed by atoms with Crippen molar-refractivity contribution in [1.82, 2.24) is 5.06 Å². The Labute approximate surface area is 80.1 Å². The fourth-order valence-electron chi connectivity index (χ4n) is 1.10. The molecular weight excluding hydrogens is 162 g/mol. The number of benzene rings is 1. The molecule has 13 heavy (non-hydrogen) atoms. The van der Waals surface area contributed by atoms with Gasteiger partial charge in [0.1, 0.15) is 5.75 Å². The van der Waals surface area contributed by atoms with Gasteiger partial charge < -0.3 is 4.84 Å². The molecule has 0 saturated carbocycles. The topological polar surface area (TPSA) is 12.5 Å². The zero-order chi connectivity index (χ0) is 9.68. The summed E-state index contributed by atoms with van der Waals surface area (Å²) >= 11 is 0. The van der Waals surface area contributed by atoms with Gasteiger partial charge in [0.2, 0.25) is 0 Å². The number of hydrogen-bond donors (Lipinski definition) is 0. The first-order valence-electron chi connectivity index (χ1n) is 4.75. The maximum atomic E-state index is 5.60. The van der Waals surface area contributed by atoms with E-state index in [4.69, 9.17) is 4.84 Å². The van der Waals surface area contributed by atoms with Gasteiger partial charge in [-0.25, -0.2) is 0 Å². The monoisotopic (exact) mass is 179 g/mol. The molecule has 0 fully saturated rings. The average molecular weight is 179 g/mol. The number of rotatable bonds is 4. The van der Waals surface area contributed by atoms with Gasteiger partial charge in [-0.1, -0.05) is 17.7 Å². The number of nitrogens with zero attached hydrogens (tertiary/aromatic N) is 1. The van der Waals surface area contributed by atoms with Crippen molar-refractivity contribution in [2.24, 2.45) is 0 Å². The van der Waals surface area contributed by atoms with Gasteiger partial charge in [0.05, 0.1) is 0 Å². The Morgan fingerprint density at radius 3 is 2.08 bits per heavy atom. The van der Waals surface area contributed by atoms with Crippen LogP contribution in [0.1, 0.15) is 19.4 Å². The van der Waals surface area contributed by atoms with Crippen molar-refractivity contribution < 1.29 is 4.84 Å². The third kappa shape index (κ3) is 3.07. The minimum Gasteiger partial charge on any atom is -0.406 e. The van der Waals surface area contributed by atoms with E-state index in [0.29, 0.717) is 0 Å². The van der Waals surface area contributed by atoms with Crippen LogP contribution < -0.4 is 4.84 Å². The van der Waals surface area contributed by atoms with Crippen LogP contribution in [-0.4, -0.2) is 18.2 Å². The van der Waals surface area contributed by atoms with Crippen LogP contribution in [0.2, 0.25) is 0 Å². The Kier molecular flexibility index (Phi) is 3.77. The normalized spacial score (nSPS) is 10.5. The average Bonchev–Trinajstić information content (AvgIpc) is 2.17. The molecule has 0 spiro atoms. The van der Waals surface area contributed by atoms with Crippen molar-refractivity contribution in [3.8, 4) is 5.75 Å². The molecule has 0 amide bonds. The fourth-order valence-corrected chi connectivity index (χ4v) is 1.10. The van der Waals surface area contributed by atoms with Gasteiger partial charge in [0.15, 0.2) is 0 Å². The molecule has 1 aromatic carbocycles. The van der Waals surface area contributed by atoms with Gasteiger partial charge >= 0.3 is 0 Å². The van der Waals surface area contributed by atoms with Crippen molar-refractivity contribution in [1.29, 1.82) is 0 Å². The Hall–Kier alpha value is -1.02. The Balaban J connectivity index is 2.58. The van der Waals surface area contributed by atoms with Gasteiger partial charge in [-0.05, 0) is 32.9 Å². The van der Waals surface area contributed by atoms with E-state index >= 15 is 0 Å². The van der Waals surface area contributed by atoms with Crippen LogP contribution in [-0.2, 0) is 0 Å². The Morgan fingerprint density at radius 1 is 1.08 bits per heavy atom. The van der Waals surface area contributed by atoms with Crippen LogP contribution >= 0.6 is 0 Å². The minimum absolute atomic E-state index is 0.907.